The van der Waals surface area contributed by atoms with Crippen LogP contribution in [-0.2, 0) is 0 Å². The summed E-state index contributed by atoms with van der Waals surface area (Å²) in [5, 5.41) is 5.74. The van der Waals surface area contributed by atoms with Gasteiger partial charge in [-0.05, 0) is 53.2 Å². The molecule has 4 heteroatoms. The zero-order chi connectivity index (χ0) is 36.6. The number of nitrogens with zero attached hydrogens (tertiary/aromatic N) is 4. The molecule has 0 amide bonds. The number of fused-ring (bicyclic) bond motifs is 5. The second-order valence-electron chi connectivity index (χ2n) is 13.6. The third-order valence-electron chi connectivity index (χ3n) is 10.2. The summed E-state index contributed by atoms with van der Waals surface area (Å²) in [5.74, 6) is 0.653. The van der Waals surface area contributed by atoms with Crippen LogP contribution in [0, 0.1) is 0 Å². The van der Waals surface area contributed by atoms with Crippen molar-refractivity contribution in [3.05, 3.63) is 206 Å². The van der Waals surface area contributed by atoms with E-state index in [9.17, 15) is 0 Å². The van der Waals surface area contributed by atoms with Crippen molar-refractivity contribution in [1.82, 2.24) is 15.0 Å². The maximum Gasteiger partial charge on any atom is 0.161 e. The van der Waals surface area contributed by atoms with Gasteiger partial charge in [0.1, 0.15) is 0 Å². The van der Waals surface area contributed by atoms with E-state index < -0.39 is 0 Å². The van der Waals surface area contributed by atoms with Crippen molar-refractivity contribution in [3.63, 3.8) is 0 Å². The highest BCUT2D eigenvalue weighted by molar-refractivity contribution is 6.23. The van der Waals surface area contributed by atoms with Crippen molar-refractivity contribution in [1.29, 1.82) is 0 Å². The summed E-state index contributed by atoms with van der Waals surface area (Å²) in [6.07, 6.45) is 0. The van der Waals surface area contributed by atoms with Crippen molar-refractivity contribution in [2.75, 3.05) is 4.90 Å². The van der Waals surface area contributed by atoms with Gasteiger partial charge in [0.05, 0.1) is 22.6 Å². The average Bonchev–Trinajstić information content (AvgIpc) is 3.27. The maximum absolute atomic E-state index is 5.58. The van der Waals surface area contributed by atoms with Gasteiger partial charge in [-0.15, -0.1) is 0 Å². The number of benzene rings is 8. The summed E-state index contributed by atoms with van der Waals surface area (Å²) in [5.41, 5.74) is 10.7. The highest BCUT2D eigenvalue weighted by Crippen LogP contribution is 2.43. The van der Waals surface area contributed by atoms with Crippen LogP contribution in [0.3, 0.4) is 0 Å². The van der Waals surface area contributed by atoms with Crippen LogP contribution >= 0.6 is 0 Å². The Labute approximate surface area is 319 Å². The zero-order valence-corrected chi connectivity index (χ0v) is 29.9. The largest absolute Gasteiger partial charge is 0.310 e. The standard InChI is InChI=1S/C51H34N4/c1-5-18-36(19-6-1)46-34-47(37-20-7-2-8-21-37)54-51(53-46)43-28-16-15-27-42(43)50-45-31-29-35-17-13-14-26-41(35)49(45)44-32-30-40(33-48(44)52-50)55(38-22-9-3-10-23-38)39-24-11-4-12-25-39/h1-34H. The average molecular weight is 703 g/mol. The summed E-state index contributed by atoms with van der Waals surface area (Å²) in [4.78, 5) is 18.3. The Hall–Kier alpha value is -7.43. The Kier molecular flexibility index (Phi) is 8.12. The lowest BCUT2D eigenvalue weighted by atomic mass is 9.93. The fraction of sp³-hybridized carbons (Fsp3) is 0. The molecule has 0 radical (unpaired) electrons. The fourth-order valence-electron chi connectivity index (χ4n) is 7.68. The Balaban J connectivity index is 1.24. The van der Waals surface area contributed by atoms with Gasteiger partial charge in [0.25, 0.3) is 0 Å². The lowest BCUT2D eigenvalue weighted by molar-refractivity contribution is 1.18. The van der Waals surface area contributed by atoms with E-state index in [0.717, 1.165) is 72.7 Å². The van der Waals surface area contributed by atoms with E-state index in [2.05, 4.69) is 175 Å². The van der Waals surface area contributed by atoms with Gasteiger partial charge in [0.15, 0.2) is 5.82 Å². The quantitative estimate of drug-likeness (QED) is 0.155. The molecular formula is C51H34N4. The molecule has 0 bridgehead atoms. The minimum Gasteiger partial charge on any atom is -0.310 e. The van der Waals surface area contributed by atoms with Crippen LogP contribution < -0.4 is 4.90 Å². The lowest BCUT2D eigenvalue weighted by Crippen LogP contribution is -2.09. The zero-order valence-electron chi connectivity index (χ0n) is 29.9. The van der Waals surface area contributed by atoms with Gasteiger partial charge >= 0.3 is 0 Å². The molecule has 0 saturated carbocycles. The summed E-state index contributed by atoms with van der Waals surface area (Å²) >= 11 is 0. The molecule has 258 valence electrons. The van der Waals surface area contributed by atoms with Gasteiger partial charge in [-0.2, -0.15) is 0 Å². The van der Waals surface area contributed by atoms with Crippen LogP contribution in [0.2, 0.25) is 0 Å². The summed E-state index contributed by atoms with van der Waals surface area (Å²) in [6.45, 7) is 0. The van der Waals surface area contributed by atoms with Gasteiger partial charge in [-0.1, -0.05) is 164 Å². The first-order chi connectivity index (χ1) is 27.3. The number of pyridine rings is 1. The molecule has 0 aliphatic carbocycles. The number of para-hydroxylation sites is 2. The van der Waals surface area contributed by atoms with E-state index in [4.69, 9.17) is 15.0 Å². The van der Waals surface area contributed by atoms with Gasteiger partial charge in [0, 0.05) is 55.5 Å². The van der Waals surface area contributed by atoms with E-state index in [1.54, 1.807) is 0 Å². The Morgan fingerprint density at radius 3 is 1.51 bits per heavy atom. The molecule has 0 N–H and O–H groups in total. The second kappa shape index (κ2) is 13.8. The highest BCUT2D eigenvalue weighted by atomic mass is 15.1. The molecule has 0 saturated heterocycles. The molecule has 0 aliphatic rings. The van der Waals surface area contributed by atoms with Crippen LogP contribution in [0.25, 0.3) is 77.6 Å². The molecule has 0 spiro atoms. The Morgan fingerprint density at radius 1 is 0.345 bits per heavy atom. The summed E-state index contributed by atoms with van der Waals surface area (Å²) in [6, 6.07) is 71.9. The third kappa shape index (κ3) is 5.96. The SMILES string of the molecule is c1ccc(-c2cc(-c3ccccc3)nc(-c3ccccc3-c3nc4cc(N(c5ccccc5)c5ccccc5)ccc4c4c3ccc3ccccc34)n2)cc1. The molecule has 0 fully saturated rings. The molecule has 8 aromatic carbocycles. The fourth-order valence-corrected chi connectivity index (χ4v) is 7.68. The molecule has 0 atom stereocenters. The predicted octanol–water partition coefficient (Wildman–Crippen LogP) is 13.5. The van der Waals surface area contributed by atoms with E-state index in [0.29, 0.717) is 5.82 Å². The molecule has 2 heterocycles. The molecule has 10 rings (SSSR count). The molecular weight excluding hydrogens is 669 g/mol. The number of hydrogen-bond acceptors (Lipinski definition) is 4. The van der Waals surface area contributed by atoms with Crippen molar-refractivity contribution in [2.45, 2.75) is 0 Å². The lowest BCUT2D eigenvalue weighted by Gasteiger charge is -2.26. The topological polar surface area (TPSA) is 41.9 Å². The molecule has 0 unspecified atom stereocenters. The van der Waals surface area contributed by atoms with Gasteiger partial charge in [-0.25, -0.2) is 15.0 Å². The van der Waals surface area contributed by atoms with Crippen LogP contribution in [-0.4, -0.2) is 15.0 Å². The van der Waals surface area contributed by atoms with E-state index in [1.807, 2.05) is 36.4 Å². The molecule has 10 aromatic rings. The summed E-state index contributed by atoms with van der Waals surface area (Å²) in [7, 11) is 0. The smallest absolute Gasteiger partial charge is 0.161 e. The normalized spacial score (nSPS) is 11.3. The van der Waals surface area contributed by atoms with Crippen molar-refractivity contribution in [3.8, 4) is 45.2 Å². The Morgan fingerprint density at radius 2 is 0.873 bits per heavy atom. The third-order valence-corrected chi connectivity index (χ3v) is 10.2. The minimum atomic E-state index is 0.653. The number of hydrogen-bond donors (Lipinski definition) is 0. The molecule has 55 heavy (non-hydrogen) atoms. The van der Waals surface area contributed by atoms with Crippen molar-refractivity contribution in [2.24, 2.45) is 0 Å². The predicted molar refractivity (Wildman–Crippen MR) is 229 cm³/mol. The van der Waals surface area contributed by atoms with Crippen LogP contribution in [0.1, 0.15) is 0 Å². The van der Waals surface area contributed by atoms with Gasteiger partial charge in [-0.3, -0.25) is 0 Å². The molecule has 0 aliphatic heterocycles. The first-order valence-corrected chi connectivity index (χ1v) is 18.5. The van der Waals surface area contributed by atoms with Crippen LogP contribution in [0.4, 0.5) is 17.1 Å². The van der Waals surface area contributed by atoms with Crippen molar-refractivity contribution < 1.29 is 0 Å². The Bertz CT molecular complexity index is 2870. The number of aromatic nitrogens is 3. The number of anilines is 3. The number of rotatable bonds is 7. The first-order valence-electron chi connectivity index (χ1n) is 18.5. The van der Waals surface area contributed by atoms with Crippen LogP contribution in [0.5, 0.6) is 0 Å². The van der Waals surface area contributed by atoms with E-state index >= 15 is 0 Å². The van der Waals surface area contributed by atoms with Crippen LogP contribution in [0.15, 0.2) is 206 Å². The maximum atomic E-state index is 5.58. The second-order valence-corrected chi connectivity index (χ2v) is 13.6. The monoisotopic (exact) mass is 702 g/mol. The van der Waals surface area contributed by atoms with E-state index in [1.165, 1.54) is 16.2 Å². The molecule has 2 aromatic heterocycles. The minimum absolute atomic E-state index is 0.653. The van der Waals surface area contributed by atoms with Crippen molar-refractivity contribution >= 4 is 49.5 Å². The first kappa shape index (κ1) is 32.2. The van der Waals surface area contributed by atoms with Gasteiger partial charge in [0.2, 0.25) is 0 Å². The summed E-state index contributed by atoms with van der Waals surface area (Å²) < 4.78 is 0. The van der Waals surface area contributed by atoms with E-state index in [-0.39, 0.29) is 0 Å². The molecule has 4 nitrogen and oxygen atoms in total. The van der Waals surface area contributed by atoms with Gasteiger partial charge < -0.3 is 4.90 Å². The highest BCUT2D eigenvalue weighted by Gasteiger charge is 2.20.